The maximum atomic E-state index is 13.9. The van der Waals surface area contributed by atoms with E-state index >= 15 is 0 Å². The quantitative estimate of drug-likeness (QED) is 0.747. The molecule has 2 aliphatic heterocycles. The molecule has 1 N–H and O–H groups in total. The minimum Gasteiger partial charge on any atom is -0.298 e. The Morgan fingerprint density at radius 3 is 2.62 bits per heavy atom. The number of benzene rings is 2. The Kier molecular flexibility index (Phi) is 4.18. The molecule has 2 heterocycles. The van der Waals surface area contributed by atoms with Crippen molar-refractivity contribution in [3.8, 4) is 0 Å². The van der Waals surface area contributed by atoms with Gasteiger partial charge in [0.1, 0.15) is 10.9 Å². The summed E-state index contributed by atoms with van der Waals surface area (Å²) in [6.07, 6.45) is 6.45. The van der Waals surface area contributed by atoms with E-state index in [1.54, 1.807) is 23.9 Å². The summed E-state index contributed by atoms with van der Waals surface area (Å²) in [6, 6.07) is 16.0. The lowest BCUT2D eigenvalue weighted by Crippen LogP contribution is -2.37. The van der Waals surface area contributed by atoms with E-state index in [2.05, 4.69) is 29.6 Å². The Bertz CT molecular complexity index is 898. The lowest BCUT2D eigenvalue weighted by atomic mass is 9.93. The average Bonchev–Trinajstić information content (AvgIpc) is 3.19. The van der Waals surface area contributed by atoms with Gasteiger partial charge < -0.3 is 0 Å². The average molecular weight is 364 g/mol. The first kappa shape index (κ1) is 16.3. The lowest BCUT2D eigenvalue weighted by molar-refractivity contribution is 0.381. The van der Waals surface area contributed by atoms with Crippen LogP contribution >= 0.6 is 11.8 Å². The number of hydrogen-bond donors (Lipinski definition) is 1. The number of fused-ring (bicyclic) bond motifs is 3. The molecular formula is C22H21FN2S. The molecule has 5 rings (SSSR count). The van der Waals surface area contributed by atoms with Crippen molar-refractivity contribution in [2.45, 2.75) is 43.5 Å². The predicted molar refractivity (Wildman–Crippen MR) is 108 cm³/mol. The van der Waals surface area contributed by atoms with Gasteiger partial charge in [-0.2, -0.15) is 0 Å². The summed E-state index contributed by atoms with van der Waals surface area (Å²) >= 11 is 1.78. The molecule has 1 aliphatic carbocycles. The molecule has 1 atom stereocenters. The highest BCUT2D eigenvalue weighted by atomic mass is 32.2. The van der Waals surface area contributed by atoms with Crippen molar-refractivity contribution in [2.75, 3.05) is 0 Å². The molecule has 2 nitrogen and oxygen atoms in total. The molecule has 1 saturated carbocycles. The molecule has 0 amide bonds. The first-order valence-electron chi connectivity index (χ1n) is 9.41. The van der Waals surface area contributed by atoms with Crippen molar-refractivity contribution in [3.63, 3.8) is 0 Å². The number of halogens is 1. The summed E-state index contributed by atoms with van der Waals surface area (Å²) in [5, 5.41) is 5.08. The van der Waals surface area contributed by atoms with Gasteiger partial charge in [-0.1, -0.05) is 61.4 Å². The Morgan fingerprint density at radius 2 is 1.81 bits per heavy atom. The van der Waals surface area contributed by atoms with Crippen LogP contribution in [0.3, 0.4) is 0 Å². The van der Waals surface area contributed by atoms with Crippen molar-refractivity contribution in [1.29, 1.82) is 0 Å². The molecule has 132 valence electrons. The molecule has 0 spiro atoms. The summed E-state index contributed by atoms with van der Waals surface area (Å²) in [5.74, 6) is -0.200. The number of nitrogens with zero attached hydrogens (tertiary/aromatic N) is 1. The summed E-state index contributed by atoms with van der Waals surface area (Å²) in [6.45, 7) is 0. The van der Waals surface area contributed by atoms with Crippen LogP contribution in [-0.4, -0.2) is 16.5 Å². The van der Waals surface area contributed by atoms with Crippen LogP contribution in [0.25, 0.3) is 11.1 Å². The van der Waals surface area contributed by atoms with Gasteiger partial charge in [0.15, 0.2) is 0 Å². The van der Waals surface area contributed by atoms with E-state index in [0.717, 1.165) is 21.9 Å². The largest absolute Gasteiger partial charge is 0.298 e. The van der Waals surface area contributed by atoms with Gasteiger partial charge in [-0.25, -0.2) is 9.38 Å². The maximum Gasteiger partial charge on any atom is 0.123 e. The summed E-state index contributed by atoms with van der Waals surface area (Å²) in [7, 11) is 0. The zero-order valence-corrected chi connectivity index (χ0v) is 15.4. The highest BCUT2D eigenvalue weighted by Crippen LogP contribution is 2.51. The molecule has 2 aromatic rings. The van der Waals surface area contributed by atoms with Crippen LogP contribution < -0.4 is 5.32 Å². The Hall–Kier alpha value is -1.91. The second-order valence-electron chi connectivity index (χ2n) is 7.23. The molecule has 0 aromatic heterocycles. The Balaban J connectivity index is 1.59. The van der Waals surface area contributed by atoms with Crippen molar-refractivity contribution < 1.29 is 4.39 Å². The number of rotatable bonds is 3. The fourth-order valence-corrected chi connectivity index (χ4v) is 5.59. The molecular weight excluding hydrogens is 343 g/mol. The first-order chi connectivity index (χ1) is 12.8. The van der Waals surface area contributed by atoms with Crippen LogP contribution in [-0.2, 0) is 0 Å². The summed E-state index contributed by atoms with van der Waals surface area (Å²) in [4.78, 5) is 4.79. The van der Waals surface area contributed by atoms with Crippen molar-refractivity contribution in [1.82, 2.24) is 5.32 Å². The molecule has 0 radical (unpaired) electrons. The molecule has 0 saturated heterocycles. The minimum absolute atomic E-state index is 0.186. The van der Waals surface area contributed by atoms with Gasteiger partial charge in [-0.3, -0.25) is 5.32 Å². The second-order valence-corrected chi connectivity index (χ2v) is 8.33. The van der Waals surface area contributed by atoms with Gasteiger partial charge in [-0.05, 0) is 42.2 Å². The molecule has 3 aliphatic rings. The molecule has 26 heavy (non-hydrogen) atoms. The molecule has 0 bridgehead atoms. The van der Waals surface area contributed by atoms with E-state index in [1.807, 2.05) is 6.07 Å². The van der Waals surface area contributed by atoms with E-state index in [-0.39, 0.29) is 11.2 Å². The van der Waals surface area contributed by atoms with E-state index in [9.17, 15) is 4.39 Å². The molecule has 1 fully saturated rings. The SMILES string of the molecule is Fc1ccc2c(c1)C1=C(c3ccccc3)C(NC3CCCCC3)SC1=N2. The minimum atomic E-state index is -0.200. The molecule has 1 unspecified atom stereocenters. The number of aliphatic imine (C=N–C) groups is 1. The number of thioether (sulfide) groups is 1. The van der Waals surface area contributed by atoms with Crippen LogP contribution in [0.2, 0.25) is 0 Å². The van der Waals surface area contributed by atoms with E-state index < -0.39 is 0 Å². The molecule has 2 aromatic carbocycles. The highest BCUT2D eigenvalue weighted by molar-refractivity contribution is 8.16. The normalized spacial score (nSPS) is 22.3. The third kappa shape index (κ3) is 2.81. The lowest BCUT2D eigenvalue weighted by Gasteiger charge is -2.27. The molecule has 4 heteroatoms. The smallest absolute Gasteiger partial charge is 0.123 e. The van der Waals surface area contributed by atoms with E-state index in [4.69, 9.17) is 4.99 Å². The van der Waals surface area contributed by atoms with Crippen LogP contribution in [0.4, 0.5) is 10.1 Å². The van der Waals surface area contributed by atoms with Gasteiger partial charge in [0, 0.05) is 17.2 Å². The Labute approximate surface area is 157 Å². The van der Waals surface area contributed by atoms with E-state index in [1.165, 1.54) is 49.3 Å². The van der Waals surface area contributed by atoms with Gasteiger partial charge in [0.25, 0.3) is 0 Å². The topological polar surface area (TPSA) is 24.4 Å². The van der Waals surface area contributed by atoms with Crippen molar-refractivity contribution in [2.24, 2.45) is 4.99 Å². The van der Waals surface area contributed by atoms with Crippen molar-refractivity contribution in [3.05, 3.63) is 65.5 Å². The van der Waals surface area contributed by atoms with Gasteiger partial charge in [0.05, 0.1) is 11.1 Å². The Morgan fingerprint density at radius 1 is 1.00 bits per heavy atom. The third-order valence-electron chi connectivity index (χ3n) is 5.50. The van der Waals surface area contributed by atoms with Gasteiger partial charge in [0.2, 0.25) is 0 Å². The fourth-order valence-electron chi connectivity index (χ4n) is 4.25. The predicted octanol–water partition coefficient (Wildman–Crippen LogP) is 5.78. The monoisotopic (exact) mass is 364 g/mol. The third-order valence-corrected chi connectivity index (χ3v) is 6.63. The van der Waals surface area contributed by atoms with Crippen LogP contribution in [0.15, 0.2) is 53.5 Å². The van der Waals surface area contributed by atoms with Gasteiger partial charge >= 0.3 is 0 Å². The van der Waals surface area contributed by atoms with Gasteiger partial charge in [-0.15, -0.1) is 0 Å². The van der Waals surface area contributed by atoms with Crippen LogP contribution in [0, 0.1) is 5.82 Å². The second kappa shape index (κ2) is 6.67. The summed E-state index contributed by atoms with van der Waals surface area (Å²) < 4.78 is 13.9. The highest BCUT2D eigenvalue weighted by Gasteiger charge is 2.38. The zero-order valence-electron chi connectivity index (χ0n) is 14.5. The van der Waals surface area contributed by atoms with Crippen molar-refractivity contribution >= 4 is 33.6 Å². The number of hydrogen-bond acceptors (Lipinski definition) is 3. The zero-order chi connectivity index (χ0) is 17.5. The standard InChI is InChI=1S/C22H21FN2S/c23-15-11-12-18-17(13-15)20-19(14-7-3-1-4-8-14)21(26-22(20)25-18)24-16-9-5-2-6-10-16/h1,3-4,7-8,11-13,16,21,24H,2,5-6,9-10H2. The first-order valence-corrected chi connectivity index (χ1v) is 10.3. The maximum absolute atomic E-state index is 13.9. The summed E-state index contributed by atoms with van der Waals surface area (Å²) in [5.41, 5.74) is 5.38. The van der Waals surface area contributed by atoms with Crippen LogP contribution in [0.5, 0.6) is 0 Å². The van der Waals surface area contributed by atoms with Crippen LogP contribution in [0.1, 0.15) is 43.2 Å². The number of nitrogens with one attached hydrogen (secondary N) is 1. The van der Waals surface area contributed by atoms with E-state index in [0.29, 0.717) is 6.04 Å². The fraction of sp³-hybridized carbons (Fsp3) is 0.318.